The number of amides is 2. The Labute approximate surface area is 249 Å². The van der Waals surface area contributed by atoms with E-state index in [1.54, 1.807) is 18.4 Å². The minimum Gasteiger partial charge on any atom is -0.507 e. The van der Waals surface area contributed by atoms with Crippen LogP contribution in [0.4, 0.5) is 19.0 Å². The molecule has 0 bridgehead atoms. The maximum atomic E-state index is 16.0. The van der Waals surface area contributed by atoms with Crippen molar-refractivity contribution in [2.45, 2.75) is 52.2 Å². The number of halogens is 3. The van der Waals surface area contributed by atoms with Crippen molar-refractivity contribution in [2.24, 2.45) is 15.9 Å². The molecule has 1 aromatic carbocycles. The maximum Gasteiger partial charge on any atom is 0.215 e. The van der Waals surface area contributed by atoms with Gasteiger partial charge in [-0.3, -0.25) is 24.5 Å². The highest BCUT2D eigenvalue weighted by atomic mass is 19.2. The van der Waals surface area contributed by atoms with Gasteiger partial charge in [0.15, 0.2) is 17.5 Å². The number of pyridine rings is 1. The van der Waals surface area contributed by atoms with E-state index in [0.29, 0.717) is 37.9 Å². The lowest BCUT2D eigenvalue weighted by Crippen LogP contribution is -2.49. The predicted octanol–water partition coefficient (Wildman–Crippen LogP) is 4.65. The lowest BCUT2D eigenvalue weighted by atomic mass is 9.89. The Hall–Kier alpha value is -4.48. The van der Waals surface area contributed by atoms with E-state index < -0.39 is 40.5 Å². The Morgan fingerprint density at radius 1 is 1.16 bits per heavy atom. The van der Waals surface area contributed by atoms with Gasteiger partial charge in [0, 0.05) is 44.0 Å². The number of nitrogens with zero attached hydrogens (tertiary/aromatic N) is 5. The van der Waals surface area contributed by atoms with Gasteiger partial charge in [-0.05, 0) is 50.0 Å². The molecule has 1 aromatic heterocycles. The van der Waals surface area contributed by atoms with Crippen LogP contribution in [0.5, 0.6) is 5.75 Å². The number of hydrogen-bond donors (Lipinski definition) is 2. The zero-order chi connectivity index (χ0) is 31.8. The third-order valence-electron chi connectivity index (χ3n) is 7.30. The maximum absolute atomic E-state index is 16.0. The standard InChI is InChI=1S/C31H37F3N6O3/c1-7-8-11-39(20(5)15-36-16-41)30(35-6)22-13-25(34)28(21-12-23(32)24(33)14-26(21)43)38-31(22)40(17-42)29-19(4)9-10-37-27(29)18(2)3/h7,9-10,12-14,16-18,20,27,29,43H,1,8,11,15H2,2-6H3,(H,36,41). The second-order valence-corrected chi connectivity index (χ2v) is 10.6. The van der Waals surface area contributed by atoms with Crippen LogP contribution >= 0.6 is 0 Å². The summed E-state index contributed by atoms with van der Waals surface area (Å²) in [4.78, 5) is 40.7. The fourth-order valence-electron chi connectivity index (χ4n) is 5.13. The van der Waals surface area contributed by atoms with Gasteiger partial charge in [0.25, 0.3) is 0 Å². The molecule has 1 aliphatic heterocycles. The SMILES string of the molecule is C=CCCN(C(=NC)c1cc(F)c(-c2cc(F)c(F)cc2O)nc1N(C=O)C1C(C)=CC=NC1C(C)C)C(C)CNC=O. The molecule has 3 unspecified atom stereocenters. The van der Waals surface area contributed by atoms with Crippen molar-refractivity contribution < 1.29 is 27.9 Å². The van der Waals surface area contributed by atoms with E-state index in [1.807, 2.05) is 32.6 Å². The summed E-state index contributed by atoms with van der Waals surface area (Å²) >= 11 is 0. The lowest BCUT2D eigenvalue weighted by molar-refractivity contribution is -0.110. The van der Waals surface area contributed by atoms with E-state index in [2.05, 4.69) is 26.9 Å². The monoisotopic (exact) mass is 598 g/mol. The number of anilines is 1. The van der Waals surface area contributed by atoms with E-state index in [-0.39, 0.29) is 41.8 Å². The first kappa shape index (κ1) is 33.0. The number of benzene rings is 1. The number of aliphatic imine (C=N–C) groups is 2. The number of phenolic OH excluding ortho intramolecular Hbond substituents is 1. The predicted molar refractivity (Wildman–Crippen MR) is 162 cm³/mol. The summed E-state index contributed by atoms with van der Waals surface area (Å²) in [6.07, 6.45) is 6.79. The van der Waals surface area contributed by atoms with E-state index >= 15 is 4.39 Å². The molecule has 230 valence electrons. The highest BCUT2D eigenvalue weighted by Crippen LogP contribution is 2.37. The van der Waals surface area contributed by atoms with Crippen molar-refractivity contribution in [1.82, 2.24) is 15.2 Å². The summed E-state index contributed by atoms with van der Waals surface area (Å²) in [5.74, 6) is -4.10. The van der Waals surface area contributed by atoms with Crippen molar-refractivity contribution in [3.05, 3.63) is 65.5 Å². The molecule has 43 heavy (non-hydrogen) atoms. The largest absolute Gasteiger partial charge is 0.507 e. The van der Waals surface area contributed by atoms with Gasteiger partial charge in [0.2, 0.25) is 12.8 Å². The molecule has 2 heterocycles. The van der Waals surface area contributed by atoms with Gasteiger partial charge in [0.05, 0.1) is 17.6 Å². The molecule has 2 aromatic rings. The average Bonchev–Trinajstić information content (AvgIpc) is 2.97. The van der Waals surface area contributed by atoms with Crippen molar-refractivity contribution in [2.75, 3.05) is 25.0 Å². The van der Waals surface area contributed by atoms with Crippen LogP contribution in [0.3, 0.4) is 0 Å². The number of allylic oxidation sites excluding steroid dienone is 1. The summed E-state index contributed by atoms with van der Waals surface area (Å²) in [7, 11) is 1.51. The summed E-state index contributed by atoms with van der Waals surface area (Å²) in [6, 6.07) is 0.947. The third-order valence-corrected chi connectivity index (χ3v) is 7.30. The molecule has 0 aliphatic carbocycles. The molecular formula is C31H37F3N6O3. The Morgan fingerprint density at radius 3 is 2.47 bits per heavy atom. The van der Waals surface area contributed by atoms with Crippen molar-refractivity contribution in [1.29, 1.82) is 0 Å². The molecule has 0 saturated carbocycles. The van der Waals surface area contributed by atoms with Gasteiger partial charge < -0.3 is 15.3 Å². The molecule has 2 amide bonds. The number of hydrogen-bond acceptors (Lipinski definition) is 6. The minimum absolute atomic E-state index is 0.0104. The fourth-order valence-corrected chi connectivity index (χ4v) is 5.13. The Bertz CT molecular complexity index is 1440. The molecule has 0 saturated heterocycles. The minimum atomic E-state index is -1.31. The number of nitrogens with one attached hydrogen (secondary N) is 1. The first-order valence-corrected chi connectivity index (χ1v) is 13.8. The van der Waals surface area contributed by atoms with Crippen LogP contribution in [0.2, 0.25) is 0 Å². The third kappa shape index (κ3) is 7.12. The van der Waals surface area contributed by atoms with Gasteiger partial charge in [-0.15, -0.1) is 6.58 Å². The number of aromatic hydroxyl groups is 1. The quantitative estimate of drug-likeness (QED) is 0.151. The van der Waals surface area contributed by atoms with Crippen molar-refractivity contribution in [3.63, 3.8) is 0 Å². The van der Waals surface area contributed by atoms with Crippen LogP contribution in [0.25, 0.3) is 11.3 Å². The number of dihydropyridines is 1. The number of rotatable bonds is 13. The zero-order valence-corrected chi connectivity index (χ0v) is 24.9. The van der Waals surface area contributed by atoms with Crippen LogP contribution in [-0.2, 0) is 9.59 Å². The number of amidine groups is 1. The molecule has 0 spiro atoms. The molecule has 3 atom stereocenters. The van der Waals surface area contributed by atoms with E-state index in [1.165, 1.54) is 11.9 Å². The van der Waals surface area contributed by atoms with Crippen LogP contribution in [0, 0.1) is 23.4 Å². The first-order valence-electron chi connectivity index (χ1n) is 13.8. The van der Waals surface area contributed by atoms with Crippen LogP contribution in [0.1, 0.15) is 39.7 Å². The molecule has 0 radical (unpaired) electrons. The highest BCUT2D eigenvalue weighted by molar-refractivity contribution is 6.05. The molecule has 2 N–H and O–H groups in total. The van der Waals surface area contributed by atoms with Crippen LogP contribution < -0.4 is 10.2 Å². The second kappa shape index (κ2) is 14.6. The Kier molecular flexibility index (Phi) is 11.2. The molecular weight excluding hydrogens is 561 g/mol. The van der Waals surface area contributed by atoms with Gasteiger partial charge in [-0.1, -0.05) is 19.9 Å². The van der Waals surface area contributed by atoms with Gasteiger partial charge in [-0.25, -0.2) is 18.2 Å². The average molecular weight is 599 g/mol. The Balaban J connectivity index is 2.37. The lowest BCUT2D eigenvalue weighted by Gasteiger charge is -2.38. The number of carbonyl (C=O) groups is 2. The van der Waals surface area contributed by atoms with E-state index in [9.17, 15) is 23.5 Å². The topological polar surface area (TPSA) is 110 Å². The zero-order valence-electron chi connectivity index (χ0n) is 24.9. The van der Waals surface area contributed by atoms with E-state index in [4.69, 9.17) is 0 Å². The van der Waals surface area contributed by atoms with Crippen molar-refractivity contribution >= 4 is 30.7 Å². The molecule has 3 rings (SSSR count). The van der Waals surface area contributed by atoms with Gasteiger partial charge in [0.1, 0.15) is 23.1 Å². The normalized spacial score (nSPS) is 17.3. The van der Waals surface area contributed by atoms with Gasteiger partial charge >= 0.3 is 0 Å². The van der Waals surface area contributed by atoms with Crippen LogP contribution in [0.15, 0.2) is 52.5 Å². The second-order valence-electron chi connectivity index (χ2n) is 10.6. The van der Waals surface area contributed by atoms with Crippen molar-refractivity contribution in [3.8, 4) is 17.0 Å². The number of phenols is 1. The summed E-state index contributed by atoms with van der Waals surface area (Å²) in [5, 5.41) is 13.1. The Morgan fingerprint density at radius 2 is 1.86 bits per heavy atom. The molecule has 0 fully saturated rings. The number of carbonyl (C=O) groups excluding carboxylic acids is 2. The first-order chi connectivity index (χ1) is 20.5. The molecule has 12 heteroatoms. The fraction of sp³-hybridized carbons (Fsp3) is 0.387. The smallest absolute Gasteiger partial charge is 0.215 e. The summed E-state index contributed by atoms with van der Waals surface area (Å²) in [5.41, 5.74) is 0.0289. The van der Waals surface area contributed by atoms with Gasteiger partial charge in [-0.2, -0.15) is 0 Å². The van der Waals surface area contributed by atoms with E-state index in [0.717, 1.165) is 11.6 Å². The van der Waals surface area contributed by atoms with Crippen LogP contribution in [-0.4, -0.2) is 78.1 Å². The molecule has 1 aliphatic rings. The number of aromatic nitrogens is 1. The summed E-state index contributed by atoms with van der Waals surface area (Å²) in [6.45, 7) is 12.0. The molecule has 9 nitrogen and oxygen atoms in total. The highest BCUT2D eigenvalue weighted by Gasteiger charge is 2.36. The summed E-state index contributed by atoms with van der Waals surface area (Å²) < 4.78 is 44.1.